The van der Waals surface area contributed by atoms with Crippen molar-refractivity contribution >= 4 is 11.8 Å². The Morgan fingerprint density at radius 1 is 1.41 bits per heavy atom. The molecule has 0 spiro atoms. The third kappa shape index (κ3) is 1.41. The van der Waals surface area contributed by atoms with Gasteiger partial charge in [-0.05, 0) is 30.6 Å². The molecule has 0 aromatic carbocycles. The van der Waals surface area contributed by atoms with Crippen LogP contribution in [0, 0.1) is 17.3 Å². The smallest absolute Gasteiger partial charge is 0.309 e. The van der Waals surface area contributed by atoms with E-state index in [1.54, 1.807) is 12.2 Å². The summed E-state index contributed by atoms with van der Waals surface area (Å²) in [5.74, 6) is 0.105. The number of carbonyl (C=O) groups is 2. The van der Waals surface area contributed by atoms with Crippen molar-refractivity contribution in [1.82, 2.24) is 0 Å². The van der Waals surface area contributed by atoms with Gasteiger partial charge >= 0.3 is 5.97 Å². The Morgan fingerprint density at radius 3 is 2.94 bits per heavy atom. The summed E-state index contributed by atoms with van der Waals surface area (Å²) in [5.41, 5.74) is 0.901. The SMILES string of the molecule is CC1C(=O)OC2C3=CC(=O)C=CC3(C)CCC12. The molecule has 3 heteroatoms. The normalized spacial score (nSPS) is 43.9. The topological polar surface area (TPSA) is 43.4 Å². The summed E-state index contributed by atoms with van der Waals surface area (Å²) in [5, 5.41) is 0. The number of fused-ring (bicyclic) bond motifs is 3. The van der Waals surface area contributed by atoms with Crippen LogP contribution in [-0.2, 0) is 14.3 Å². The minimum atomic E-state index is -0.176. The van der Waals surface area contributed by atoms with Crippen LogP contribution in [0.25, 0.3) is 0 Å². The zero-order chi connectivity index (χ0) is 12.2. The van der Waals surface area contributed by atoms with Crippen molar-refractivity contribution in [3.8, 4) is 0 Å². The van der Waals surface area contributed by atoms with Crippen LogP contribution in [0.2, 0.25) is 0 Å². The van der Waals surface area contributed by atoms with Crippen LogP contribution >= 0.6 is 0 Å². The maximum atomic E-state index is 11.6. The summed E-state index contributed by atoms with van der Waals surface area (Å²) in [6, 6.07) is 0. The molecule has 4 atom stereocenters. The highest BCUT2D eigenvalue weighted by molar-refractivity contribution is 6.01. The highest BCUT2D eigenvalue weighted by atomic mass is 16.6. The van der Waals surface area contributed by atoms with E-state index in [0.717, 1.165) is 18.4 Å². The van der Waals surface area contributed by atoms with Gasteiger partial charge in [0.2, 0.25) is 0 Å². The van der Waals surface area contributed by atoms with Crippen LogP contribution in [0.15, 0.2) is 23.8 Å². The Balaban J connectivity index is 2.02. The number of esters is 1. The average Bonchev–Trinajstić information content (AvgIpc) is 2.57. The lowest BCUT2D eigenvalue weighted by Gasteiger charge is -2.41. The fourth-order valence-corrected chi connectivity index (χ4v) is 3.28. The zero-order valence-electron chi connectivity index (χ0n) is 10.1. The van der Waals surface area contributed by atoms with Gasteiger partial charge in [-0.15, -0.1) is 0 Å². The van der Waals surface area contributed by atoms with Crippen LogP contribution in [-0.4, -0.2) is 17.9 Å². The second kappa shape index (κ2) is 3.31. The van der Waals surface area contributed by atoms with Crippen molar-refractivity contribution in [3.63, 3.8) is 0 Å². The van der Waals surface area contributed by atoms with Gasteiger partial charge in [-0.3, -0.25) is 9.59 Å². The number of allylic oxidation sites excluding steroid dienone is 3. The number of hydrogen-bond donors (Lipinski definition) is 0. The van der Waals surface area contributed by atoms with E-state index >= 15 is 0 Å². The fraction of sp³-hybridized carbons (Fsp3) is 0.571. The Morgan fingerprint density at radius 2 is 2.18 bits per heavy atom. The predicted molar refractivity (Wildman–Crippen MR) is 62.1 cm³/mol. The van der Waals surface area contributed by atoms with E-state index in [1.807, 2.05) is 13.0 Å². The number of ether oxygens (including phenoxy) is 1. The lowest BCUT2D eigenvalue weighted by Crippen LogP contribution is -2.38. The maximum Gasteiger partial charge on any atom is 0.309 e. The van der Waals surface area contributed by atoms with Crippen molar-refractivity contribution in [2.75, 3.05) is 0 Å². The molecule has 3 aliphatic rings. The molecule has 17 heavy (non-hydrogen) atoms. The van der Waals surface area contributed by atoms with E-state index in [4.69, 9.17) is 4.74 Å². The molecular weight excluding hydrogens is 216 g/mol. The molecular formula is C14H16O3. The van der Waals surface area contributed by atoms with Crippen LogP contribution in [0.3, 0.4) is 0 Å². The molecule has 90 valence electrons. The molecule has 0 N–H and O–H groups in total. The van der Waals surface area contributed by atoms with Crippen LogP contribution in [0.4, 0.5) is 0 Å². The quantitative estimate of drug-likeness (QED) is 0.600. The molecule has 0 radical (unpaired) electrons. The van der Waals surface area contributed by atoms with Gasteiger partial charge in [0.25, 0.3) is 0 Å². The van der Waals surface area contributed by atoms with E-state index in [9.17, 15) is 9.59 Å². The van der Waals surface area contributed by atoms with E-state index in [1.165, 1.54) is 0 Å². The molecule has 1 aliphatic heterocycles. The number of ketones is 1. The second-order valence-corrected chi connectivity index (χ2v) is 5.60. The Hall–Kier alpha value is -1.38. The summed E-state index contributed by atoms with van der Waals surface area (Å²) in [7, 11) is 0. The molecule has 0 aromatic heterocycles. The largest absolute Gasteiger partial charge is 0.457 e. The molecule has 1 heterocycles. The number of hydrogen-bond acceptors (Lipinski definition) is 3. The first-order chi connectivity index (χ1) is 8.01. The number of carbonyl (C=O) groups excluding carboxylic acids is 2. The molecule has 1 saturated heterocycles. The third-order valence-electron chi connectivity index (χ3n) is 4.52. The van der Waals surface area contributed by atoms with Crippen LogP contribution in [0.5, 0.6) is 0 Å². The molecule has 1 saturated carbocycles. The highest BCUT2D eigenvalue weighted by Gasteiger charge is 2.51. The van der Waals surface area contributed by atoms with Gasteiger partial charge in [-0.1, -0.05) is 19.9 Å². The molecule has 4 unspecified atom stereocenters. The first-order valence-electron chi connectivity index (χ1n) is 6.17. The lowest BCUT2D eigenvalue weighted by molar-refractivity contribution is -0.143. The summed E-state index contributed by atoms with van der Waals surface area (Å²) in [4.78, 5) is 23.2. The summed E-state index contributed by atoms with van der Waals surface area (Å²) in [6.07, 6.45) is 7.07. The van der Waals surface area contributed by atoms with Crippen molar-refractivity contribution in [2.45, 2.75) is 32.8 Å². The van der Waals surface area contributed by atoms with Crippen molar-refractivity contribution in [2.24, 2.45) is 17.3 Å². The first kappa shape index (κ1) is 10.8. The molecule has 2 aliphatic carbocycles. The van der Waals surface area contributed by atoms with E-state index in [2.05, 4.69) is 6.92 Å². The standard InChI is InChI=1S/C14H16O3/c1-8-10-4-6-14(2)5-3-9(15)7-11(14)12(10)17-13(8)16/h3,5,7-8,10,12H,4,6H2,1-2H3. The van der Waals surface area contributed by atoms with E-state index < -0.39 is 0 Å². The predicted octanol–water partition coefficient (Wildman–Crippen LogP) is 2.03. The monoisotopic (exact) mass is 232 g/mol. The van der Waals surface area contributed by atoms with E-state index in [0.29, 0.717) is 0 Å². The Bertz CT molecular complexity index is 460. The minimum absolute atomic E-state index is 0.00808. The molecule has 0 bridgehead atoms. The first-order valence-corrected chi connectivity index (χ1v) is 6.17. The Labute approximate surface area is 101 Å². The van der Waals surface area contributed by atoms with Crippen molar-refractivity contribution < 1.29 is 14.3 Å². The summed E-state index contributed by atoms with van der Waals surface area (Å²) >= 11 is 0. The average molecular weight is 232 g/mol. The lowest BCUT2D eigenvalue weighted by atomic mass is 9.63. The summed E-state index contributed by atoms with van der Waals surface area (Å²) < 4.78 is 5.47. The molecule has 3 nitrogen and oxygen atoms in total. The van der Waals surface area contributed by atoms with Gasteiger partial charge < -0.3 is 4.74 Å². The van der Waals surface area contributed by atoms with Gasteiger partial charge in [0.15, 0.2) is 5.78 Å². The zero-order valence-corrected chi connectivity index (χ0v) is 10.1. The second-order valence-electron chi connectivity index (χ2n) is 5.60. The van der Waals surface area contributed by atoms with Crippen molar-refractivity contribution in [3.05, 3.63) is 23.8 Å². The molecule has 0 amide bonds. The van der Waals surface area contributed by atoms with Crippen LogP contribution in [0.1, 0.15) is 26.7 Å². The van der Waals surface area contributed by atoms with Gasteiger partial charge in [-0.25, -0.2) is 0 Å². The van der Waals surface area contributed by atoms with Crippen LogP contribution < -0.4 is 0 Å². The van der Waals surface area contributed by atoms with Gasteiger partial charge in [0, 0.05) is 11.3 Å². The van der Waals surface area contributed by atoms with Gasteiger partial charge in [0.05, 0.1) is 5.92 Å². The highest BCUT2D eigenvalue weighted by Crippen LogP contribution is 2.51. The molecule has 2 fully saturated rings. The maximum absolute atomic E-state index is 11.6. The van der Waals surface area contributed by atoms with Crippen molar-refractivity contribution in [1.29, 1.82) is 0 Å². The molecule has 0 aromatic rings. The fourth-order valence-electron chi connectivity index (χ4n) is 3.28. The number of rotatable bonds is 0. The summed E-state index contributed by atoms with van der Waals surface area (Å²) in [6.45, 7) is 4.05. The third-order valence-corrected chi connectivity index (χ3v) is 4.52. The van der Waals surface area contributed by atoms with E-state index in [-0.39, 0.29) is 35.1 Å². The van der Waals surface area contributed by atoms with Gasteiger partial charge in [-0.2, -0.15) is 0 Å². The van der Waals surface area contributed by atoms with Gasteiger partial charge in [0.1, 0.15) is 6.10 Å². The molecule has 3 rings (SSSR count). The Kier molecular flexibility index (Phi) is 2.09. The minimum Gasteiger partial charge on any atom is -0.457 e.